The van der Waals surface area contributed by atoms with Crippen LogP contribution < -0.4 is 19.5 Å². The van der Waals surface area contributed by atoms with Crippen LogP contribution in [-0.4, -0.2) is 39.9 Å². The monoisotopic (exact) mass is 517 g/mol. The first-order valence-corrected chi connectivity index (χ1v) is 12.4. The van der Waals surface area contributed by atoms with E-state index in [1.807, 2.05) is 48.5 Å². The number of nitrogens with zero attached hydrogens (tertiary/aromatic N) is 2. The second-order valence-corrected chi connectivity index (χ2v) is 9.49. The predicted molar refractivity (Wildman–Crippen MR) is 139 cm³/mol. The summed E-state index contributed by atoms with van der Waals surface area (Å²) in [6, 6.07) is 21.3. The van der Waals surface area contributed by atoms with E-state index in [1.54, 1.807) is 29.2 Å². The molecule has 0 radical (unpaired) electrons. The van der Waals surface area contributed by atoms with Crippen molar-refractivity contribution in [1.29, 1.82) is 0 Å². The van der Waals surface area contributed by atoms with Gasteiger partial charge in [-0.15, -0.1) is 0 Å². The van der Waals surface area contributed by atoms with Gasteiger partial charge in [-0.2, -0.15) is 0 Å². The Kier molecular flexibility index (Phi) is 7.09. The van der Waals surface area contributed by atoms with Gasteiger partial charge >= 0.3 is 5.97 Å². The summed E-state index contributed by atoms with van der Waals surface area (Å²) < 4.78 is 15.9. The van der Waals surface area contributed by atoms with E-state index in [2.05, 4.69) is 10.3 Å². The normalized spacial score (nSPS) is 17.2. The minimum Gasteiger partial charge on any atom is -0.454 e. The molecule has 37 heavy (non-hydrogen) atoms. The van der Waals surface area contributed by atoms with Crippen LogP contribution >= 0.6 is 11.8 Å². The van der Waals surface area contributed by atoms with E-state index in [1.165, 1.54) is 18.7 Å². The number of anilines is 1. The number of esters is 1. The molecular weight excluding hydrogens is 494 g/mol. The minimum atomic E-state index is -0.628. The molecule has 1 N–H and O–H groups in total. The summed E-state index contributed by atoms with van der Waals surface area (Å²) in [6.45, 7) is 1.77. The second-order valence-electron chi connectivity index (χ2n) is 8.32. The molecule has 188 valence electrons. The average Bonchev–Trinajstić information content (AvgIpc) is 3.45. The van der Waals surface area contributed by atoms with Crippen molar-refractivity contribution in [3.05, 3.63) is 78.4 Å². The van der Waals surface area contributed by atoms with Gasteiger partial charge < -0.3 is 19.5 Å². The number of carbonyl (C=O) groups is 3. The fourth-order valence-corrected chi connectivity index (χ4v) is 5.02. The van der Waals surface area contributed by atoms with Crippen LogP contribution in [-0.2, 0) is 20.9 Å². The first-order chi connectivity index (χ1) is 17.9. The minimum absolute atomic E-state index is 0.0271. The third-order valence-electron chi connectivity index (χ3n) is 5.55. The molecule has 2 aliphatic heterocycles. The highest BCUT2D eigenvalue weighted by Crippen LogP contribution is 2.36. The van der Waals surface area contributed by atoms with E-state index < -0.39 is 11.2 Å². The molecule has 0 spiro atoms. The molecule has 0 aromatic heterocycles. The van der Waals surface area contributed by atoms with Gasteiger partial charge in [-0.25, -0.2) is 4.99 Å². The van der Waals surface area contributed by atoms with Crippen molar-refractivity contribution in [3.63, 3.8) is 0 Å². The number of ether oxygens (including phenoxy) is 3. The molecule has 1 atom stereocenters. The van der Waals surface area contributed by atoms with E-state index in [9.17, 15) is 14.4 Å². The Hall–Kier alpha value is -4.31. The Morgan fingerprint density at radius 2 is 1.81 bits per heavy atom. The van der Waals surface area contributed by atoms with Crippen molar-refractivity contribution >= 4 is 46.1 Å². The lowest BCUT2D eigenvalue weighted by Gasteiger charge is -2.17. The molecule has 2 amide bonds. The van der Waals surface area contributed by atoms with Crippen LogP contribution in [0.5, 0.6) is 17.2 Å². The predicted octanol–water partition coefficient (Wildman–Crippen LogP) is 4.50. The Morgan fingerprint density at radius 3 is 2.57 bits per heavy atom. The number of hydrogen-bond acceptors (Lipinski definition) is 8. The maximum Gasteiger partial charge on any atom is 0.308 e. The lowest BCUT2D eigenvalue weighted by atomic mass is 10.1. The number of amides is 2. The van der Waals surface area contributed by atoms with Gasteiger partial charge in [0.1, 0.15) is 11.0 Å². The van der Waals surface area contributed by atoms with E-state index >= 15 is 0 Å². The van der Waals surface area contributed by atoms with Gasteiger partial charge in [0, 0.05) is 19.0 Å². The summed E-state index contributed by atoms with van der Waals surface area (Å²) in [5.74, 6) is 0.751. The molecule has 2 aliphatic rings. The lowest BCUT2D eigenvalue weighted by molar-refractivity contribution is -0.132. The van der Waals surface area contributed by atoms with Crippen LogP contribution in [0.3, 0.4) is 0 Å². The van der Waals surface area contributed by atoms with Crippen molar-refractivity contribution in [2.24, 2.45) is 4.99 Å². The molecule has 0 saturated carbocycles. The van der Waals surface area contributed by atoms with Gasteiger partial charge in [0.25, 0.3) is 0 Å². The van der Waals surface area contributed by atoms with Crippen LogP contribution in [0, 0.1) is 0 Å². The molecule has 1 fully saturated rings. The van der Waals surface area contributed by atoms with E-state index in [4.69, 9.17) is 14.2 Å². The van der Waals surface area contributed by atoms with Crippen molar-refractivity contribution in [2.75, 3.05) is 12.1 Å². The van der Waals surface area contributed by atoms with E-state index in [0.29, 0.717) is 33.8 Å². The number of benzene rings is 3. The highest BCUT2D eigenvalue weighted by Gasteiger charge is 2.39. The number of para-hydroxylation sites is 1. The van der Waals surface area contributed by atoms with Crippen LogP contribution in [0.2, 0.25) is 0 Å². The third-order valence-corrected chi connectivity index (χ3v) is 6.72. The van der Waals surface area contributed by atoms with Gasteiger partial charge in [0.15, 0.2) is 16.7 Å². The topological polar surface area (TPSA) is 107 Å². The first-order valence-electron chi connectivity index (χ1n) is 11.5. The van der Waals surface area contributed by atoms with Crippen molar-refractivity contribution in [3.8, 4) is 17.2 Å². The maximum atomic E-state index is 13.4. The van der Waals surface area contributed by atoms with Crippen LogP contribution in [0.4, 0.5) is 11.4 Å². The fourth-order valence-electron chi connectivity index (χ4n) is 3.86. The number of carbonyl (C=O) groups excluding carboxylic acids is 3. The first kappa shape index (κ1) is 24.4. The molecule has 3 aromatic rings. The van der Waals surface area contributed by atoms with Crippen LogP contribution in [0.1, 0.15) is 18.9 Å². The summed E-state index contributed by atoms with van der Waals surface area (Å²) in [5, 5.41) is 2.69. The van der Waals surface area contributed by atoms with E-state index in [0.717, 1.165) is 5.56 Å². The summed E-state index contributed by atoms with van der Waals surface area (Å²) >= 11 is 1.27. The number of aliphatic imine (C=N–C) groups is 1. The highest BCUT2D eigenvalue weighted by molar-refractivity contribution is 8.15. The SMILES string of the molecule is CC(=O)Oc1ccc(NC(=O)C[C@H]2SC(=Nc3ccccc3)N(Cc3ccc4c(c3)OCO4)C2=O)cc1. The van der Waals surface area contributed by atoms with Crippen molar-refractivity contribution < 1.29 is 28.6 Å². The lowest BCUT2D eigenvalue weighted by Crippen LogP contribution is -2.33. The highest BCUT2D eigenvalue weighted by atomic mass is 32.2. The number of amidine groups is 1. The van der Waals surface area contributed by atoms with Crippen molar-refractivity contribution in [2.45, 2.75) is 25.1 Å². The smallest absolute Gasteiger partial charge is 0.308 e. The third kappa shape index (κ3) is 5.92. The van der Waals surface area contributed by atoms with Gasteiger partial charge in [0.05, 0.1) is 12.2 Å². The van der Waals surface area contributed by atoms with Gasteiger partial charge in [-0.3, -0.25) is 19.3 Å². The average molecular weight is 518 g/mol. The Morgan fingerprint density at radius 1 is 1.05 bits per heavy atom. The Bertz CT molecular complexity index is 1360. The van der Waals surface area contributed by atoms with Gasteiger partial charge in [0.2, 0.25) is 18.6 Å². The molecule has 0 unspecified atom stereocenters. The fraction of sp³-hybridized carbons (Fsp3) is 0.185. The summed E-state index contributed by atoms with van der Waals surface area (Å²) in [5.41, 5.74) is 2.11. The summed E-state index contributed by atoms with van der Waals surface area (Å²) in [7, 11) is 0. The number of thioether (sulfide) groups is 1. The second kappa shape index (κ2) is 10.8. The number of fused-ring (bicyclic) bond motifs is 1. The molecule has 0 aliphatic carbocycles. The summed E-state index contributed by atoms with van der Waals surface area (Å²) in [4.78, 5) is 43.6. The number of hydrogen-bond donors (Lipinski definition) is 1. The van der Waals surface area contributed by atoms with Crippen molar-refractivity contribution in [1.82, 2.24) is 4.90 Å². The Labute approximate surface area is 217 Å². The van der Waals surface area contributed by atoms with Gasteiger partial charge in [-0.1, -0.05) is 36.0 Å². The Balaban J connectivity index is 1.31. The molecule has 1 saturated heterocycles. The molecule has 9 nitrogen and oxygen atoms in total. The largest absolute Gasteiger partial charge is 0.454 e. The zero-order valence-corrected chi connectivity index (χ0v) is 20.7. The molecule has 2 heterocycles. The molecule has 0 bridgehead atoms. The molecule has 10 heteroatoms. The zero-order valence-electron chi connectivity index (χ0n) is 19.9. The number of rotatable bonds is 7. The van der Waals surface area contributed by atoms with Crippen LogP contribution in [0.25, 0.3) is 0 Å². The van der Waals surface area contributed by atoms with Crippen LogP contribution in [0.15, 0.2) is 77.8 Å². The van der Waals surface area contributed by atoms with Gasteiger partial charge in [-0.05, 0) is 54.1 Å². The molecular formula is C27H23N3O6S. The zero-order chi connectivity index (χ0) is 25.8. The quantitative estimate of drug-likeness (QED) is 0.363. The van der Waals surface area contributed by atoms with E-state index in [-0.39, 0.29) is 31.6 Å². The number of nitrogens with one attached hydrogen (secondary N) is 1. The summed E-state index contributed by atoms with van der Waals surface area (Å²) in [6.07, 6.45) is -0.0271. The molecule has 3 aromatic carbocycles. The standard InChI is InChI=1S/C27H23N3O6S/c1-17(31)36-21-10-8-20(9-11-21)28-25(32)14-24-26(33)30(27(37-24)29-19-5-3-2-4-6-19)15-18-7-12-22-23(13-18)35-16-34-22/h2-13,24H,14-16H2,1H3,(H,28,32)/t24-/m1/s1. The molecule has 5 rings (SSSR count). The maximum absolute atomic E-state index is 13.4.